The monoisotopic (exact) mass is 379 g/mol. The summed E-state index contributed by atoms with van der Waals surface area (Å²) in [6.07, 6.45) is 1.58. The van der Waals surface area contributed by atoms with E-state index in [2.05, 4.69) is 12.1 Å². The number of sulfonamides is 1. The van der Waals surface area contributed by atoms with Gasteiger partial charge in [0.05, 0.1) is 17.6 Å². The fourth-order valence-corrected chi connectivity index (χ4v) is 4.55. The molecule has 1 atom stereocenters. The van der Waals surface area contributed by atoms with E-state index in [0.29, 0.717) is 24.7 Å². The molecule has 2 aromatic rings. The largest absolute Gasteiger partial charge is 0.372 e. The number of piperidine rings is 1. The summed E-state index contributed by atoms with van der Waals surface area (Å²) in [5.41, 5.74) is 2.31. The zero-order valence-electron chi connectivity index (χ0n) is 14.2. The Hall–Kier alpha value is -1.40. The van der Waals surface area contributed by atoms with Gasteiger partial charge in [0.25, 0.3) is 0 Å². The molecule has 2 aromatic carbocycles. The lowest BCUT2D eigenvalue weighted by atomic mass is 10.1. The second-order valence-corrected chi connectivity index (χ2v) is 8.75. The van der Waals surface area contributed by atoms with Crippen molar-refractivity contribution in [2.75, 3.05) is 13.1 Å². The minimum atomic E-state index is -3.51. The lowest BCUT2D eigenvalue weighted by Crippen LogP contribution is -2.43. The Kier molecular flexibility index (Phi) is 5.79. The average Bonchev–Trinajstić information content (AvgIpc) is 2.62. The zero-order chi connectivity index (χ0) is 17.9. The van der Waals surface area contributed by atoms with Gasteiger partial charge < -0.3 is 4.74 Å². The van der Waals surface area contributed by atoms with Crippen molar-refractivity contribution in [3.63, 3.8) is 0 Å². The molecule has 1 unspecified atom stereocenters. The third-order valence-corrected chi connectivity index (χ3v) is 6.53. The first-order chi connectivity index (χ1) is 11.9. The van der Waals surface area contributed by atoms with Gasteiger partial charge in [0, 0.05) is 18.1 Å². The van der Waals surface area contributed by atoms with Crippen molar-refractivity contribution >= 4 is 21.6 Å². The van der Waals surface area contributed by atoms with Gasteiger partial charge in [-0.25, -0.2) is 8.42 Å². The highest BCUT2D eigenvalue weighted by molar-refractivity contribution is 7.89. The molecule has 1 aliphatic rings. The number of hydrogen-bond donors (Lipinski definition) is 0. The Labute approximate surface area is 154 Å². The molecule has 1 fully saturated rings. The standard InChI is InChI=1S/C19H22ClNO3S/c1-15-4-6-16(7-5-15)14-24-18-3-2-12-21(13-18)25(22,23)19-10-8-17(20)9-11-19/h4-11,18H,2-3,12-14H2,1H3. The quantitative estimate of drug-likeness (QED) is 0.788. The van der Waals surface area contributed by atoms with Gasteiger partial charge in [-0.2, -0.15) is 4.31 Å². The molecular formula is C19H22ClNO3S. The maximum atomic E-state index is 12.8. The highest BCUT2D eigenvalue weighted by Crippen LogP contribution is 2.23. The van der Waals surface area contributed by atoms with Crippen LogP contribution < -0.4 is 0 Å². The Bertz CT molecular complexity index is 804. The van der Waals surface area contributed by atoms with Gasteiger partial charge in [-0.15, -0.1) is 0 Å². The molecule has 0 radical (unpaired) electrons. The minimum absolute atomic E-state index is 0.0860. The smallest absolute Gasteiger partial charge is 0.243 e. The molecule has 0 amide bonds. The Morgan fingerprint density at radius 2 is 1.80 bits per heavy atom. The lowest BCUT2D eigenvalue weighted by molar-refractivity contribution is 0.00811. The zero-order valence-corrected chi connectivity index (χ0v) is 15.8. The molecule has 134 valence electrons. The predicted octanol–water partition coefficient (Wildman–Crippen LogP) is 4.02. The van der Waals surface area contributed by atoms with Crippen LogP contribution >= 0.6 is 11.6 Å². The summed E-state index contributed by atoms with van der Waals surface area (Å²) in [6.45, 7) is 3.46. The number of benzene rings is 2. The van der Waals surface area contributed by atoms with Crippen LogP contribution in [-0.4, -0.2) is 31.9 Å². The van der Waals surface area contributed by atoms with Crippen LogP contribution in [0.4, 0.5) is 0 Å². The number of halogens is 1. The third kappa shape index (κ3) is 4.61. The van der Waals surface area contributed by atoms with Crippen LogP contribution in [0.2, 0.25) is 5.02 Å². The van der Waals surface area contributed by atoms with Crippen molar-refractivity contribution in [1.82, 2.24) is 4.31 Å². The van der Waals surface area contributed by atoms with Gasteiger partial charge in [-0.1, -0.05) is 41.4 Å². The lowest BCUT2D eigenvalue weighted by Gasteiger charge is -2.32. The Morgan fingerprint density at radius 3 is 2.48 bits per heavy atom. The summed E-state index contributed by atoms with van der Waals surface area (Å²) < 4.78 is 33.0. The molecule has 1 aliphatic heterocycles. The number of rotatable bonds is 5. The summed E-state index contributed by atoms with van der Waals surface area (Å²) in [7, 11) is -3.51. The maximum absolute atomic E-state index is 12.8. The predicted molar refractivity (Wildman–Crippen MR) is 99.2 cm³/mol. The fraction of sp³-hybridized carbons (Fsp3) is 0.368. The van der Waals surface area contributed by atoms with Gasteiger partial charge >= 0.3 is 0 Å². The highest BCUT2D eigenvalue weighted by atomic mass is 35.5. The molecule has 0 spiro atoms. The van der Waals surface area contributed by atoms with Gasteiger partial charge in [0.1, 0.15) is 0 Å². The van der Waals surface area contributed by atoms with Gasteiger partial charge in [0.15, 0.2) is 0 Å². The van der Waals surface area contributed by atoms with Crippen molar-refractivity contribution in [2.45, 2.75) is 37.4 Å². The third-order valence-electron chi connectivity index (χ3n) is 4.40. The summed E-state index contributed by atoms with van der Waals surface area (Å²) in [6, 6.07) is 14.5. The van der Waals surface area contributed by atoms with Crippen LogP contribution in [0.25, 0.3) is 0 Å². The molecule has 25 heavy (non-hydrogen) atoms. The van der Waals surface area contributed by atoms with Crippen LogP contribution in [0.5, 0.6) is 0 Å². The number of nitrogens with zero attached hydrogens (tertiary/aromatic N) is 1. The van der Waals surface area contributed by atoms with Crippen molar-refractivity contribution in [1.29, 1.82) is 0 Å². The second-order valence-electron chi connectivity index (χ2n) is 6.38. The summed E-state index contributed by atoms with van der Waals surface area (Å²) in [5.74, 6) is 0. The second kappa shape index (κ2) is 7.87. The molecule has 0 aromatic heterocycles. The van der Waals surface area contributed by atoms with Crippen LogP contribution in [0.1, 0.15) is 24.0 Å². The molecule has 0 aliphatic carbocycles. The summed E-state index contributed by atoms with van der Waals surface area (Å²) in [4.78, 5) is 0.274. The van der Waals surface area contributed by atoms with Gasteiger partial charge in [-0.05, 0) is 49.6 Å². The topological polar surface area (TPSA) is 46.6 Å². The number of ether oxygens (including phenoxy) is 1. The first-order valence-corrected chi connectivity index (χ1v) is 10.2. The van der Waals surface area contributed by atoms with Crippen LogP contribution in [0.3, 0.4) is 0 Å². The molecule has 0 N–H and O–H groups in total. The summed E-state index contributed by atoms with van der Waals surface area (Å²) in [5, 5.41) is 0.525. The van der Waals surface area contributed by atoms with E-state index in [0.717, 1.165) is 18.4 Å². The summed E-state index contributed by atoms with van der Waals surface area (Å²) >= 11 is 5.85. The first-order valence-electron chi connectivity index (χ1n) is 8.38. The van der Waals surface area contributed by atoms with E-state index >= 15 is 0 Å². The van der Waals surface area contributed by atoms with E-state index in [-0.39, 0.29) is 11.0 Å². The molecular weight excluding hydrogens is 358 g/mol. The first kappa shape index (κ1) is 18.4. The van der Waals surface area contributed by atoms with Crippen molar-refractivity contribution in [3.05, 3.63) is 64.7 Å². The minimum Gasteiger partial charge on any atom is -0.372 e. The molecule has 0 saturated carbocycles. The molecule has 4 nitrogen and oxygen atoms in total. The van der Waals surface area contributed by atoms with Crippen LogP contribution in [0, 0.1) is 6.92 Å². The normalized spacial score (nSPS) is 19.0. The SMILES string of the molecule is Cc1ccc(COC2CCCN(S(=O)(=O)c3ccc(Cl)cc3)C2)cc1. The van der Waals surface area contributed by atoms with E-state index in [1.165, 1.54) is 9.87 Å². The number of aryl methyl sites for hydroxylation is 1. The van der Waals surface area contributed by atoms with Crippen LogP contribution in [0.15, 0.2) is 53.4 Å². The molecule has 1 saturated heterocycles. The average molecular weight is 380 g/mol. The number of hydrogen-bond acceptors (Lipinski definition) is 3. The molecule has 6 heteroatoms. The van der Waals surface area contributed by atoms with E-state index < -0.39 is 10.0 Å². The Balaban J connectivity index is 1.64. The highest BCUT2D eigenvalue weighted by Gasteiger charge is 2.30. The molecule has 3 rings (SSSR count). The van der Waals surface area contributed by atoms with E-state index in [1.807, 2.05) is 19.1 Å². The van der Waals surface area contributed by atoms with Crippen molar-refractivity contribution in [2.24, 2.45) is 0 Å². The maximum Gasteiger partial charge on any atom is 0.243 e. The fourth-order valence-electron chi connectivity index (χ4n) is 2.91. The van der Waals surface area contributed by atoms with Gasteiger partial charge in [0.2, 0.25) is 10.0 Å². The van der Waals surface area contributed by atoms with E-state index in [4.69, 9.17) is 16.3 Å². The van der Waals surface area contributed by atoms with E-state index in [1.54, 1.807) is 24.3 Å². The molecule has 1 heterocycles. The molecule has 0 bridgehead atoms. The van der Waals surface area contributed by atoms with Crippen molar-refractivity contribution < 1.29 is 13.2 Å². The Morgan fingerprint density at radius 1 is 1.12 bits per heavy atom. The van der Waals surface area contributed by atoms with Crippen molar-refractivity contribution in [3.8, 4) is 0 Å². The van der Waals surface area contributed by atoms with Gasteiger partial charge in [-0.3, -0.25) is 0 Å². The van der Waals surface area contributed by atoms with Crippen LogP contribution in [-0.2, 0) is 21.4 Å². The van der Waals surface area contributed by atoms with E-state index in [9.17, 15) is 8.42 Å².